The van der Waals surface area contributed by atoms with E-state index in [-0.39, 0.29) is 0 Å². The van der Waals surface area contributed by atoms with E-state index in [0.717, 1.165) is 36.8 Å². The van der Waals surface area contributed by atoms with Gasteiger partial charge < -0.3 is 10.6 Å². The third-order valence-electron chi connectivity index (χ3n) is 2.44. The van der Waals surface area contributed by atoms with Gasteiger partial charge in [-0.3, -0.25) is 4.98 Å². The fraction of sp³-hybridized carbons (Fsp3) is 0.308. The van der Waals surface area contributed by atoms with E-state index < -0.39 is 0 Å². The molecule has 0 aliphatic carbocycles. The van der Waals surface area contributed by atoms with E-state index in [2.05, 4.69) is 25.6 Å². The van der Waals surface area contributed by atoms with Crippen LogP contribution in [-0.2, 0) is 6.42 Å². The molecule has 2 aromatic rings. The highest BCUT2D eigenvalue weighted by molar-refractivity contribution is 5.46. The Balaban J connectivity index is 1.84. The summed E-state index contributed by atoms with van der Waals surface area (Å²) in [6.07, 6.45) is 4.24. The molecule has 2 rings (SSSR count). The minimum atomic E-state index is 0.805. The van der Waals surface area contributed by atoms with Crippen LogP contribution in [-0.4, -0.2) is 28.0 Å². The first-order valence-electron chi connectivity index (χ1n) is 6.08. The summed E-state index contributed by atoms with van der Waals surface area (Å²) in [5.41, 5.74) is 1.07. The van der Waals surface area contributed by atoms with Crippen molar-refractivity contribution in [2.45, 2.75) is 13.3 Å². The Kier molecular flexibility index (Phi) is 4.46. The predicted molar refractivity (Wildman–Crippen MR) is 72.6 cm³/mol. The third kappa shape index (κ3) is 3.69. The van der Waals surface area contributed by atoms with Gasteiger partial charge in [0.2, 0.25) is 0 Å². The van der Waals surface area contributed by atoms with Crippen LogP contribution in [0.25, 0.3) is 0 Å². The molecule has 2 N–H and O–H groups in total. The van der Waals surface area contributed by atoms with Gasteiger partial charge in [-0.2, -0.15) is 0 Å². The zero-order valence-corrected chi connectivity index (χ0v) is 10.4. The zero-order chi connectivity index (χ0) is 12.6. The van der Waals surface area contributed by atoms with Crippen molar-refractivity contribution in [2.24, 2.45) is 0 Å². The lowest BCUT2D eigenvalue weighted by Gasteiger charge is -2.07. The van der Waals surface area contributed by atoms with Gasteiger partial charge in [-0.15, -0.1) is 0 Å². The lowest BCUT2D eigenvalue weighted by molar-refractivity contribution is 0.950. The first-order chi connectivity index (χ1) is 8.88. The van der Waals surface area contributed by atoms with Crippen molar-refractivity contribution in [1.29, 1.82) is 0 Å². The Morgan fingerprint density at radius 1 is 1.06 bits per heavy atom. The molecule has 0 atom stereocenters. The van der Waals surface area contributed by atoms with E-state index in [1.54, 1.807) is 6.33 Å². The number of aromatic nitrogens is 3. The molecule has 0 radical (unpaired) electrons. The SMILES string of the molecule is CCNc1cc(NCCc2ccccn2)ncn1. The van der Waals surface area contributed by atoms with Gasteiger partial charge in [0.25, 0.3) is 0 Å². The number of nitrogens with zero attached hydrogens (tertiary/aromatic N) is 3. The van der Waals surface area contributed by atoms with Crippen LogP contribution in [0.2, 0.25) is 0 Å². The maximum absolute atomic E-state index is 4.27. The van der Waals surface area contributed by atoms with Crippen molar-refractivity contribution in [3.8, 4) is 0 Å². The fourth-order valence-corrected chi connectivity index (χ4v) is 1.60. The summed E-state index contributed by atoms with van der Waals surface area (Å²) in [5.74, 6) is 1.67. The highest BCUT2D eigenvalue weighted by Crippen LogP contribution is 2.08. The van der Waals surface area contributed by atoms with Crippen molar-refractivity contribution in [3.63, 3.8) is 0 Å². The maximum atomic E-state index is 4.27. The standard InChI is InChI=1S/C13H17N5/c1-2-14-12-9-13(18-10-17-12)16-8-6-11-5-3-4-7-15-11/h3-5,7,9-10H,2,6,8H2,1H3,(H2,14,16,17,18). The lowest BCUT2D eigenvalue weighted by Crippen LogP contribution is -2.08. The molecule has 2 heterocycles. The van der Waals surface area contributed by atoms with E-state index in [0.29, 0.717) is 0 Å². The largest absolute Gasteiger partial charge is 0.370 e. The van der Waals surface area contributed by atoms with Crippen LogP contribution in [0.4, 0.5) is 11.6 Å². The summed E-state index contributed by atoms with van der Waals surface area (Å²) >= 11 is 0. The van der Waals surface area contributed by atoms with Crippen molar-refractivity contribution in [2.75, 3.05) is 23.7 Å². The number of hydrogen-bond acceptors (Lipinski definition) is 5. The molecule has 0 aliphatic rings. The summed E-state index contributed by atoms with van der Waals surface area (Å²) < 4.78 is 0. The second-order valence-corrected chi connectivity index (χ2v) is 3.82. The fourth-order valence-electron chi connectivity index (χ4n) is 1.60. The Bertz CT molecular complexity index is 472. The first kappa shape index (κ1) is 12.3. The number of rotatable bonds is 6. The summed E-state index contributed by atoms with van der Waals surface area (Å²) in [6.45, 7) is 3.69. The molecule has 0 saturated heterocycles. The summed E-state index contributed by atoms with van der Waals surface area (Å²) in [7, 11) is 0. The number of hydrogen-bond donors (Lipinski definition) is 2. The van der Waals surface area contributed by atoms with Crippen LogP contribution in [0, 0.1) is 0 Å². The van der Waals surface area contributed by atoms with Gasteiger partial charge in [0.15, 0.2) is 0 Å². The molecular formula is C13H17N5. The van der Waals surface area contributed by atoms with Crippen LogP contribution in [0.1, 0.15) is 12.6 Å². The monoisotopic (exact) mass is 243 g/mol. The van der Waals surface area contributed by atoms with Crippen LogP contribution in [0.5, 0.6) is 0 Å². The summed E-state index contributed by atoms with van der Waals surface area (Å²) in [5, 5.41) is 6.41. The predicted octanol–water partition coefficient (Wildman–Crippen LogP) is 1.96. The van der Waals surface area contributed by atoms with Crippen LogP contribution < -0.4 is 10.6 Å². The molecule has 2 aromatic heterocycles. The maximum Gasteiger partial charge on any atom is 0.131 e. The van der Waals surface area contributed by atoms with Gasteiger partial charge in [-0.05, 0) is 19.1 Å². The molecule has 0 saturated carbocycles. The molecule has 0 bridgehead atoms. The Labute approximate surface area is 107 Å². The van der Waals surface area contributed by atoms with E-state index in [4.69, 9.17) is 0 Å². The van der Waals surface area contributed by atoms with Crippen LogP contribution >= 0.6 is 0 Å². The second kappa shape index (κ2) is 6.54. The normalized spacial score (nSPS) is 10.1. The summed E-state index contributed by atoms with van der Waals surface area (Å²) in [6, 6.07) is 7.84. The average molecular weight is 243 g/mol. The molecule has 5 nitrogen and oxygen atoms in total. The summed E-state index contributed by atoms with van der Waals surface area (Å²) in [4.78, 5) is 12.6. The Morgan fingerprint density at radius 3 is 2.61 bits per heavy atom. The van der Waals surface area contributed by atoms with E-state index in [1.165, 1.54) is 0 Å². The van der Waals surface area contributed by atoms with Gasteiger partial charge in [0.05, 0.1) is 0 Å². The Morgan fingerprint density at radius 2 is 1.89 bits per heavy atom. The number of pyridine rings is 1. The highest BCUT2D eigenvalue weighted by Gasteiger charge is 1.98. The van der Waals surface area contributed by atoms with Gasteiger partial charge in [0, 0.05) is 37.5 Å². The minimum Gasteiger partial charge on any atom is -0.370 e. The smallest absolute Gasteiger partial charge is 0.131 e. The molecule has 0 fully saturated rings. The minimum absolute atomic E-state index is 0.805. The third-order valence-corrected chi connectivity index (χ3v) is 2.44. The number of nitrogens with one attached hydrogen (secondary N) is 2. The average Bonchev–Trinajstić information content (AvgIpc) is 2.41. The highest BCUT2D eigenvalue weighted by atomic mass is 15.1. The molecule has 0 aromatic carbocycles. The molecule has 0 spiro atoms. The van der Waals surface area contributed by atoms with Gasteiger partial charge in [-0.25, -0.2) is 9.97 Å². The van der Waals surface area contributed by atoms with Crippen LogP contribution in [0.15, 0.2) is 36.8 Å². The van der Waals surface area contributed by atoms with Crippen molar-refractivity contribution >= 4 is 11.6 Å². The molecule has 5 heteroatoms. The number of anilines is 2. The Hall–Kier alpha value is -2.17. The molecule has 94 valence electrons. The van der Waals surface area contributed by atoms with Crippen molar-refractivity contribution < 1.29 is 0 Å². The zero-order valence-electron chi connectivity index (χ0n) is 10.4. The van der Waals surface area contributed by atoms with E-state index >= 15 is 0 Å². The quantitative estimate of drug-likeness (QED) is 0.812. The van der Waals surface area contributed by atoms with E-state index in [1.807, 2.05) is 37.4 Å². The van der Waals surface area contributed by atoms with Gasteiger partial charge in [-0.1, -0.05) is 6.07 Å². The van der Waals surface area contributed by atoms with Gasteiger partial charge >= 0.3 is 0 Å². The first-order valence-corrected chi connectivity index (χ1v) is 6.08. The van der Waals surface area contributed by atoms with Crippen molar-refractivity contribution in [3.05, 3.63) is 42.5 Å². The topological polar surface area (TPSA) is 62.7 Å². The molecule has 18 heavy (non-hydrogen) atoms. The molecule has 0 aliphatic heterocycles. The lowest BCUT2D eigenvalue weighted by atomic mass is 10.3. The molecule has 0 unspecified atom stereocenters. The van der Waals surface area contributed by atoms with Crippen molar-refractivity contribution in [1.82, 2.24) is 15.0 Å². The van der Waals surface area contributed by atoms with Crippen LogP contribution in [0.3, 0.4) is 0 Å². The molecule has 0 amide bonds. The second-order valence-electron chi connectivity index (χ2n) is 3.82. The van der Waals surface area contributed by atoms with E-state index in [9.17, 15) is 0 Å². The van der Waals surface area contributed by atoms with Gasteiger partial charge in [0.1, 0.15) is 18.0 Å². The molecular weight excluding hydrogens is 226 g/mol.